The van der Waals surface area contributed by atoms with Gasteiger partial charge < -0.3 is 15.3 Å². The van der Waals surface area contributed by atoms with Gasteiger partial charge in [0.1, 0.15) is 0 Å². The Bertz CT molecular complexity index is 250. The van der Waals surface area contributed by atoms with Crippen LogP contribution in [0.25, 0.3) is 0 Å². The first kappa shape index (κ1) is 11.5. The van der Waals surface area contributed by atoms with Crippen LogP contribution in [-0.2, 0) is 9.59 Å². The largest absolute Gasteiger partial charge is 0.340 e. The molecule has 0 aliphatic rings. The first-order chi connectivity index (χ1) is 5.85. The molecule has 4 N–H and O–H groups in total. The van der Waals surface area contributed by atoms with Crippen LogP contribution in [0.5, 0.6) is 0 Å². The van der Waals surface area contributed by atoms with Crippen LogP contribution in [0.1, 0.15) is 0 Å². The summed E-state index contributed by atoms with van der Waals surface area (Å²) in [6.45, 7) is 3.09. The van der Waals surface area contributed by atoms with Crippen LogP contribution < -0.4 is 5.32 Å². The summed E-state index contributed by atoms with van der Waals surface area (Å²) in [6.07, 6.45) is 1.87. The zero-order chi connectivity index (χ0) is 10.5. The van der Waals surface area contributed by atoms with Gasteiger partial charge >= 0.3 is 0 Å². The van der Waals surface area contributed by atoms with Crippen molar-refractivity contribution in [3.05, 3.63) is 24.8 Å². The molecule has 6 heteroatoms. The zero-order valence-electron chi connectivity index (χ0n) is 6.60. The minimum absolute atomic E-state index is 0.401. The summed E-state index contributed by atoms with van der Waals surface area (Å²) in [5, 5.41) is 26.7. The summed E-state index contributed by atoms with van der Waals surface area (Å²) < 4.78 is 0. The first-order valence-corrected chi connectivity index (χ1v) is 3.19. The average Bonchev–Trinajstić information content (AvgIpc) is 1.99. The number of hydrogen-bond acceptors (Lipinski definition) is 5. The molecule has 0 aliphatic carbocycles. The molecule has 0 unspecified atom stereocenters. The van der Waals surface area contributed by atoms with Crippen LogP contribution in [0.4, 0.5) is 0 Å². The molecule has 0 aromatic heterocycles. The van der Waals surface area contributed by atoms with E-state index in [4.69, 9.17) is 15.3 Å². The lowest BCUT2D eigenvalue weighted by molar-refractivity contribution is -0.273. The standard InChI is InChI=1S/C7H9NO5/c1-2-5(9)8-6(10)3-4-7(11,12)13/h2-4,11-13H,1H2,(H,8,9,10). The summed E-state index contributed by atoms with van der Waals surface area (Å²) in [6, 6.07) is 0. The Labute approximate surface area is 73.8 Å². The van der Waals surface area contributed by atoms with E-state index in [1.165, 1.54) is 0 Å². The van der Waals surface area contributed by atoms with Crippen LogP contribution in [0, 0.1) is 0 Å². The Morgan fingerprint density at radius 3 is 2.15 bits per heavy atom. The smallest absolute Gasteiger partial charge is 0.297 e. The minimum atomic E-state index is -3.06. The number of imide groups is 1. The molecule has 0 aliphatic heterocycles. The van der Waals surface area contributed by atoms with Gasteiger partial charge in [-0.1, -0.05) is 6.58 Å². The number of nitrogens with one attached hydrogen (secondary N) is 1. The van der Waals surface area contributed by atoms with Crippen molar-refractivity contribution in [3.63, 3.8) is 0 Å². The van der Waals surface area contributed by atoms with Gasteiger partial charge in [-0.25, -0.2) is 0 Å². The number of carbonyl (C=O) groups excluding carboxylic acids is 2. The molecule has 0 aromatic rings. The third-order valence-corrected chi connectivity index (χ3v) is 0.890. The van der Waals surface area contributed by atoms with Gasteiger partial charge in [0.2, 0.25) is 5.91 Å². The molecule has 2 amide bonds. The quantitative estimate of drug-likeness (QED) is 0.302. The molecule has 0 saturated heterocycles. The fourth-order valence-corrected chi connectivity index (χ4v) is 0.402. The Morgan fingerprint density at radius 2 is 1.77 bits per heavy atom. The Morgan fingerprint density at radius 1 is 1.23 bits per heavy atom. The highest BCUT2D eigenvalue weighted by Crippen LogP contribution is 1.93. The number of amides is 2. The van der Waals surface area contributed by atoms with Gasteiger partial charge in [0.25, 0.3) is 11.9 Å². The van der Waals surface area contributed by atoms with Crippen molar-refractivity contribution in [2.45, 2.75) is 5.97 Å². The van der Waals surface area contributed by atoms with E-state index in [0.29, 0.717) is 12.2 Å². The number of rotatable bonds is 3. The molecular weight excluding hydrogens is 178 g/mol. The van der Waals surface area contributed by atoms with E-state index in [1.807, 2.05) is 0 Å². The summed E-state index contributed by atoms with van der Waals surface area (Å²) in [5.74, 6) is -4.69. The molecule has 0 saturated carbocycles. The van der Waals surface area contributed by atoms with Crippen molar-refractivity contribution >= 4 is 11.8 Å². The van der Waals surface area contributed by atoms with Gasteiger partial charge in [-0.05, 0) is 6.08 Å². The maximum atomic E-state index is 10.7. The molecule has 72 valence electrons. The van der Waals surface area contributed by atoms with Crippen molar-refractivity contribution in [3.8, 4) is 0 Å². The Kier molecular flexibility index (Phi) is 3.99. The molecule has 13 heavy (non-hydrogen) atoms. The average molecular weight is 187 g/mol. The predicted octanol–water partition coefficient (Wildman–Crippen LogP) is -2.00. The monoisotopic (exact) mass is 187 g/mol. The molecule has 0 heterocycles. The van der Waals surface area contributed by atoms with Gasteiger partial charge in [0.15, 0.2) is 0 Å². The fraction of sp³-hybridized carbons (Fsp3) is 0.143. The number of aliphatic hydroxyl groups is 3. The summed E-state index contributed by atoms with van der Waals surface area (Å²) in [7, 11) is 0. The van der Waals surface area contributed by atoms with Crippen molar-refractivity contribution < 1.29 is 24.9 Å². The third kappa shape index (κ3) is 6.88. The van der Waals surface area contributed by atoms with Crippen LogP contribution >= 0.6 is 0 Å². The Balaban J connectivity index is 4.09. The molecule has 0 bridgehead atoms. The molecule has 0 fully saturated rings. The summed E-state index contributed by atoms with van der Waals surface area (Å²) >= 11 is 0. The molecule has 6 nitrogen and oxygen atoms in total. The van der Waals surface area contributed by atoms with E-state index < -0.39 is 17.8 Å². The van der Waals surface area contributed by atoms with Gasteiger partial charge in [-0.2, -0.15) is 0 Å². The molecule has 0 spiro atoms. The van der Waals surface area contributed by atoms with Crippen LogP contribution in [0.3, 0.4) is 0 Å². The number of carbonyl (C=O) groups is 2. The maximum absolute atomic E-state index is 10.7. The highest BCUT2D eigenvalue weighted by molar-refractivity contribution is 6.04. The lowest BCUT2D eigenvalue weighted by atomic mass is 10.4. The topological polar surface area (TPSA) is 107 Å². The molecular formula is C7H9NO5. The predicted molar refractivity (Wildman–Crippen MR) is 41.9 cm³/mol. The van der Waals surface area contributed by atoms with Crippen molar-refractivity contribution in [2.24, 2.45) is 0 Å². The highest BCUT2D eigenvalue weighted by Gasteiger charge is 2.12. The van der Waals surface area contributed by atoms with Gasteiger partial charge in [0.05, 0.1) is 0 Å². The van der Waals surface area contributed by atoms with E-state index in [9.17, 15) is 9.59 Å². The van der Waals surface area contributed by atoms with E-state index in [2.05, 4.69) is 6.58 Å². The van der Waals surface area contributed by atoms with Gasteiger partial charge in [-0.3, -0.25) is 14.9 Å². The number of hydrogen-bond donors (Lipinski definition) is 4. The lowest BCUT2D eigenvalue weighted by Crippen LogP contribution is -2.29. The molecule has 0 radical (unpaired) electrons. The lowest BCUT2D eigenvalue weighted by Gasteiger charge is -2.06. The second-order valence-electron chi connectivity index (χ2n) is 2.08. The van der Waals surface area contributed by atoms with E-state index in [-0.39, 0.29) is 0 Å². The molecule has 0 rings (SSSR count). The van der Waals surface area contributed by atoms with E-state index in [1.54, 1.807) is 5.32 Å². The van der Waals surface area contributed by atoms with Crippen LogP contribution in [-0.4, -0.2) is 33.1 Å². The van der Waals surface area contributed by atoms with Crippen molar-refractivity contribution in [1.82, 2.24) is 5.32 Å². The van der Waals surface area contributed by atoms with E-state index >= 15 is 0 Å². The van der Waals surface area contributed by atoms with Crippen LogP contribution in [0.2, 0.25) is 0 Å². The zero-order valence-corrected chi connectivity index (χ0v) is 6.60. The second-order valence-corrected chi connectivity index (χ2v) is 2.08. The maximum Gasteiger partial charge on any atom is 0.297 e. The van der Waals surface area contributed by atoms with Crippen molar-refractivity contribution in [2.75, 3.05) is 0 Å². The minimum Gasteiger partial charge on any atom is -0.340 e. The normalized spacial score (nSPS) is 11.3. The van der Waals surface area contributed by atoms with Gasteiger partial charge in [-0.15, -0.1) is 0 Å². The highest BCUT2D eigenvalue weighted by atomic mass is 16.7. The first-order valence-electron chi connectivity index (χ1n) is 3.19. The summed E-state index contributed by atoms with van der Waals surface area (Å²) in [5.41, 5.74) is 0. The SMILES string of the molecule is C=CC(=O)NC(=O)C=CC(O)(O)O. The fourth-order valence-electron chi connectivity index (χ4n) is 0.402. The van der Waals surface area contributed by atoms with Crippen molar-refractivity contribution in [1.29, 1.82) is 0 Å². The second kappa shape index (κ2) is 4.51. The summed E-state index contributed by atoms with van der Waals surface area (Å²) in [4.78, 5) is 21.1. The molecule has 0 atom stereocenters. The molecule has 0 aromatic carbocycles. The third-order valence-electron chi connectivity index (χ3n) is 0.890. The van der Waals surface area contributed by atoms with Crippen LogP contribution in [0.15, 0.2) is 24.8 Å². The van der Waals surface area contributed by atoms with E-state index in [0.717, 1.165) is 6.08 Å². The van der Waals surface area contributed by atoms with Gasteiger partial charge in [0, 0.05) is 12.2 Å². The Hall–Kier alpha value is -1.50.